The van der Waals surface area contributed by atoms with E-state index >= 15 is 0 Å². The maximum atomic E-state index is 13.2. The lowest BCUT2D eigenvalue weighted by Gasteiger charge is -2.31. The summed E-state index contributed by atoms with van der Waals surface area (Å²) < 4.78 is 18.5. The molecule has 2 aromatic rings. The summed E-state index contributed by atoms with van der Waals surface area (Å²) in [5.41, 5.74) is 0.973. The number of hydrogen-bond donors (Lipinski definition) is 1. The van der Waals surface area contributed by atoms with E-state index in [9.17, 15) is 14.0 Å². The largest absolute Gasteiger partial charge is 0.448 e. The van der Waals surface area contributed by atoms with Gasteiger partial charge >= 0.3 is 5.97 Å². The van der Waals surface area contributed by atoms with Crippen LogP contribution in [0.5, 0.6) is 0 Å². The van der Waals surface area contributed by atoms with Crippen molar-refractivity contribution in [1.82, 2.24) is 5.32 Å². The Kier molecular flexibility index (Phi) is 4.52. The van der Waals surface area contributed by atoms with Crippen LogP contribution in [0.2, 0.25) is 5.02 Å². The topological polar surface area (TPSA) is 55.4 Å². The molecule has 1 unspecified atom stereocenters. The van der Waals surface area contributed by atoms with Crippen LogP contribution >= 0.6 is 11.6 Å². The van der Waals surface area contributed by atoms with Crippen molar-refractivity contribution in [2.24, 2.45) is 0 Å². The van der Waals surface area contributed by atoms with E-state index < -0.39 is 29.3 Å². The fourth-order valence-electron chi connectivity index (χ4n) is 2.93. The van der Waals surface area contributed by atoms with E-state index in [4.69, 9.17) is 16.3 Å². The number of benzene rings is 2. The third kappa shape index (κ3) is 3.51. The molecule has 0 saturated heterocycles. The van der Waals surface area contributed by atoms with Crippen molar-refractivity contribution in [3.05, 3.63) is 70.0 Å². The van der Waals surface area contributed by atoms with E-state index in [1.54, 1.807) is 32.0 Å². The summed E-state index contributed by atoms with van der Waals surface area (Å²) in [6.45, 7) is 3.51. The highest BCUT2D eigenvalue weighted by molar-refractivity contribution is 6.31. The minimum atomic E-state index is -0.916. The highest BCUT2D eigenvalue weighted by Gasteiger charge is 2.34. The van der Waals surface area contributed by atoms with Crippen LogP contribution < -0.4 is 5.32 Å². The number of carbonyl (C=O) groups excluding carboxylic acids is 2. The van der Waals surface area contributed by atoms with Gasteiger partial charge in [-0.2, -0.15) is 0 Å². The number of esters is 1. The number of carbonyl (C=O) groups is 2. The number of nitrogens with one attached hydrogen (secondary N) is 1. The van der Waals surface area contributed by atoms with Gasteiger partial charge in [0, 0.05) is 11.4 Å². The fraction of sp³-hybridized carbons (Fsp3) is 0.263. The van der Waals surface area contributed by atoms with E-state index in [1.165, 1.54) is 18.2 Å². The maximum absolute atomic E-state index is 13.2. The first-order valence-electron chi connectivity index (χ1n) is 7.84. The Morgan fingerprint density at radius 2 is 2.00 bits per heavy atom. The van der Waals surface area contributed by atoms with Crippen LogP contribution in [0.3, 0.4) is 0 Å². The lowest BCUT2D eigenvalue weighted by atomic mass is 9.92. The summed E-state index contributed by atoms with van der Waals surface area (Å²) in [5.74, 6) is -1.39. The number of cyclic esters (lactones) is 1. The number of ether oxygens (including phenoxy) is 1. The third-order valence-electron chi connectivity index (χ3n) is 4.22. The van der Waals surface area contributed by atoms with Gasteiger partial charge in [0.05, 0.1) is 11.1 Å². The van der Waals surface area contributed by atoms with Gasteiger partial charge < -0.3 is 10.1 Å². The summed E-state index contributed by atoms with van der Waals surface area (Å²) in [6.07, 6.45) is -0.609. The Morgan fingerprint density at radius 3 is 2.72 bits per heavy atom. The summed E-state index contributed by atoms with van der Waals surface area (Å²) >= 11 is 6.10. The summed E-state index contributed by atoms with van der Waals surface area (Å²) in [4.78, 5) is 24.7. The fourth-order valence-corrected chi connectivity index (χ4v) is 3.33. The Bertz CT molecular complexity index is 850. The Hall–Kier alpha value is -2.40. The predicted octanol–water partition coefficient (Wildman–Crippen LogP) is 3.61. The Morgan fingerprint density at radius 1 is 1.28 bits per heavy atom. The number of halogens is 2. The van der Waals surface area contributed by atoms with Crippen molar-refractivity contribution >= 4 is 23.5 Å². The van der Waals surface area contributed by atoms with Crippen LogP contribution in [0.25, 0.3) is 0 Å². The molecule has 0 saturated carbocycles. The first-order valence-corrected chi connectivity index (χ1v) is 8.22. The molecule has 0 aromatic heterocycles. The number of hydrogen-bond acceptors (Lipinski definition) is 3. The zero-order chi connectivity index (χ0) is 18.2. The highest BCUT2D eigenvalue weighted by atomic mass is 35.5. The molecule has 1 N–H and O–H groups in total. The summed E-state index contributed by atoms with van der Waals surface area (Å²) in [5, 5.41) is 3.05. The summed E-state index contributed by atoms with van der Waals surface area (Å²) in [7, 11) is 0. The van der Waals surface area contributed by atoms with Crippen LogP contribution in [0.4, 0.5) is 4.39 Å². The van der Waals surface area contributed by atoms with E-state index in [-0.39, 0.29) is 5.02 Å². The first-order chi connectivity index (χ1) is 11.8. The van der Waals surface area contributed by atoms with E-state index in [0.29, 0.717) is 17.5 Å². The van der Waals surface area contributed by atoms with E-state index in [2.05, 4.69) is 5.32 Å². The molecule has 0 fully saturated rings. The van der Waals surface area contributed by atoms with Gasteiger partial charge in [0.2, 0.25) is 0 Å². The molecule has 3 rings (SSSR count). The number of rotatable bonds is 3. The molecule has 0 aliphatic carbocycles. The van der Waals surface area contributed by atoms with Crippen molar-refractivity contribution in [3.8, 4) is 0 Å². The van der Waals surface area contributed by atoms with Gasteiger partial charge in [-0.3, -0.25) is 4.79 Å². The first kappa shape index (κ1) is 17.4. The van der Waals surface area contributed by atoms with Gasteiger partial charge in [-0.15, -0.1) is 0 Å². The van der Waals surface area contributed by atoms with E-state index in [0.717, 1.165) is 5.56 Å². The lowest BCUT2D eigenvalue weighted by molar-refractivity contribution is -0.132. The van der Waals surface area contributed by atoms with Crippen molar-refractivity contribution < 1.29 is 18.7 Å². The zero-order valence-electron chi connectivity index (χ0n) is 13.8. The molecule has 1 atom stereocenters. The second kappa shape index (κ2) is 6.48. The molecule has 1 heterocycles. The molecule has 130 valence electrons. The monoisotopic (exact) mass is 361 g/mol. The van der Waals surface area contributed by atoms with Crippen LogP contribution in [0, 0.1) is 5.82 Å². The number of fused-ring (bicyclic) bond motifs is 1. The molecule has 1 aliphatic heterocycles. The Balaban J connectivity index is 1.79. The van der Waals surface area contributed by atoms with E-state index in [1.807, 2.05) is 6.07 Å². The minimum absolute atomic E-state index is 0.219. The minimum Gasteiger partial charge on any atom is -0.448 e. The lowest BCUT2D eigenvalue weighted by Crippen LogP contribution is -2.49. The van der Waals surface area contributed by atoms with Crippen molar-refractivity contribution in [3.63, 3.8) is 0 Å². The molecular formula is C19H17ClFNO3. The van der Waals surface area contributed by atoms with Gasteiger partial charge in [-0.1, -0.05) is 35.9 Å². The predicted molar refractivity (Wildman–Crippen MR) is 91.9 cm³/mol. The molecule has 1 amide bonds. The van der Waals surface area contributed by atoms with Gasteiger partial charge in [0.15, 0.2) is 6.10 Å². The molecule has 4 nitrogen and oxygen atoms in total. The van der Waals surface area contributed by atoms with Crippen molar-refractivity contribution in [2.75, 3.05) is 0 Å². The maximum Gasteiger partial charge on any atom is 0.339 e. The van der Waals surface area contributed by atoms with Gasteiger partial charge in [0.1, 0.15) is 5.82 Å². The number of amides is 1. The van der Waals surface area contributed by atoms with Crippen molar-refractivity contribution in [1.29, 1.82) is 0 Å². The second-order valence-corrected chi connectivity index (χ2v) is 6.90. The smallest absolute Gasteiger partial charge is 0.339 e. The van der Waals surface area contributed by atoms with Crippen LogP contribution in [-0.2, 0) is 21.5 Å². The van der Waals surface area contributed by atoms with Crippen LogP contribution in [0.15, 0.2) is 42.5 Å². The third-order valence-corrected chi connectivity index (χ3v) is 4.54. The standard InChI is InChI=1S/C19H17ClFNO3/c1-19(2,14-8-7-12(21)10-15(14)20)22-17(23)16-9-11-5-3-4-6-13(11)18(24)25-16/h3-8,10,16H,9H2,1-2H3,(H,22,23). The van der Waals surface area contributed by atoms with Gasteiger partial charge in [-0.25, -0.2) is 9.18 Å². The van der Waals surface area contributed by atoms with Crippen LogP contribution in [0.1, 0.15) is 35.3 Å². The van der Waals surface area contributed by atoms with Crippen LogP contribution in [-0.4, -0.2) is 18.0 Å². The SMILES string of the molecule is CC(C)(NC(=O)C1Cc2ccccc2C(=O)O1)c1ccc(F)cc1Cl. The quantitative estimate of drug-likeness (QED) is 0.850. The zero-order valence-corrected chi connectivity index (χ0v) is 14.6. The van der Waals surface area contributed by atoms with Gasteiger partial charge in [-0.05, 0) is 43.2 Å². The molecule has 25 heavy (non-hydrogen) atoms. The Labute approximate surface area is 149 Å². The average molecular weight is 362 g/mol. The second-order valence-electron chi connectivity index (χ2n) is 6.49. The molecular weight excluding hydrogens is 345 g/mol. The molecule has 1 aliphatic rings. The van der Waals surface area contributed by atoms with Gasteiger partial charge in [0.25, 0.3) is 5.91 Å². The molecule has 2 aromatic carbocycles. The molecule has 0 spiro atoms. The normalized spacial score (nSPS) is 16.8. The average Bonchev–Trinajstić information content (AvgIpc) is 2.54. The molecule has 6 heteroatoms. The molecule has 0 bridgehead atoms. The highest BCUT2D eigenvalue weighted by Crippen LogP contribution is 2.29. The summed E-state index contributed by atoms with van der Waals surface area (Å²) in [6, 6.07) is 11.1. The molecule has 0 radical (unpaired) electrons. The van der Waals surface area contributed by atoms with Crippen molar-refractivity contribution in [2.45, 2.75) is 31.9 Å².